The third-order valence-corrected chi connectivity index (χ3v) is 4.58. The molecular weight excluding hydrogens is 467 g/mol. The quantitative estimate of drug-likeness (QED) is 0.390. The fourth-order valence-corrected chi connectivity index (χ4v) is 3.20. The second-order valence-electron chi connectivity index (χ2n) is 6.48. The Bertz CT molecular complexity index is 798. The van der Waals surface area contributed by atoms with Gasteiger partial charge in [-0.2, -0.15) is 0 Å². The summed E-state index contributed by atoms with van der Waals surface area (Å²) in [6, 6.07) is 17.7. The van der Waals surface area contributed by atoms with Crippen LogP contribution in [0, 0.1) is 6.92 Å². The number of nitrogens with zero attached hydrogens (tertiary/aromatic N) is 2. The van der Waals surface area contributed by atoms with Gasteiger partial charge in [0.25, 0.3) is 0 Å². The Hall–Kier alpha value is -2.13. The van der Waals surface area contributed by atoms with Crippen molar-refractivity contribution in [2.24, 2.45) is 4.99 Å². The van der Waals surface area contributed by atoms with Crippen molar-refractivity contribution in [2.45, 2.75) is 13.0 Å². The minimum absolute atomic E-state index is 0. The lowest BCUT2D eigenvalue weighted by molar-refractivity contribution is -0.115. The molecule has 0 aromatic heterocycles. The van der Waals surface area contributed by atoms with Gasteiger partial charge in [0.15, 0.2) is 5.96 Å². The number of amides is 1. The van der Waals surface area contributed by atoms with Gasteiger partial charge in [-0.1, -0.05) is 42.5 Å². The van der Waals surface area contributed by atoms with Crippen LogP contribution in [0.4, 0.5) is 5.69 Å². The average Bonchev–Trinajstić information content (AvgIpc) is 2.70. The number of carbonyl (C=O) groups is 1. The fraction of sp³-hybridized carbons (Fsp3) is 0.333. The summed E-state index contributed by atoms with van der Waals surface area (Å²) in [6.45, 7) is 4.32. The van der Waals surface area contributed by atoms with Gasteiger partial charge in [-0.05, 0) is 30.2 Å². The Kier molecular flexibility index (Phi) is 8.72. The van der Waals surface area contributed by atoms with Gasteiger partial charge in [-0.25, -0.2) is 0 Å². The van der Waals surface area contributed by atoms with Gasteiger partial charge in [0.2, 0.25) is 5.91 Å². The highest BCUT2D eigenvalue weighted by molar-refractivity contribution is 14.0. The molecule has 0 saturated carbocycles. The number of ether oxygens (including phenoxy) is 1. The molecule has 7 heteroatoms. The van der Waals surface area contributed by atoms with Crippen molar-refractivity contribution in [3.63, 3.8) is 0 Å². The molecule has 1 aliphatic rings. The maximum Gasteiger partial charge on any atom is 0.243 e. The number of aryl methyl sites for hydroxylation is 1. The lowest BCUT2D eigenvalue weighted by atomic mass is 10.0. The number of anilines is 1. The van der Waals surface area contributed by atoms with Crippen molar-refractivity contribution in [2.75, 3.05) is 38.6 Å². The lowest BCUT2D eigenvalue weighted by Gasteiger charge is -2.35. The summed E-state index contributed by atoms with van der Waals surface area (Å²) in [5, 5.41) is 6.02. The van der Waals surface area contributed by atoms with Crippen LogP contribution in [0.1, 0.15) is 17.2 Å². The molecule has 1 atom stereocenters. The molecule has 1 unspecified atom stereocenters. The summed E-state index contributed by atoms with van der Waals surface area (Å²) < 4.78 is 5.97. The van der Waals surface area contributed by atoms with Gasteiger partial charge < -0.3 is 20.3 Å². The molecule has 0 bridgehead atoms. The molecule has 150 valence electrons. The zero-order valence-electron chi connectivity index (χ0n) is 16.2. The van der Waals surface area contributed by atoms with E-state index in [9.17, 15) is 4.79 Å². The summed E-state index contributed by atoms with van der Waals surface area (Å²) in [5.74, 6) is 0.603. The Morgan fingerprint density at radius 1 is 1.18 bits per heavy atom. The molecule has 0 radical (unpaired) electrons. The van der Waals surface area contributed by atoms with Crippen molar-refractivity contribution < 1.29 is 9.53 Å². The lowest BCUT2D eigenvalue weighted by Crippen LogP contribution is -2.49. The van der Waals surface area contributed by atoms with Gasteiger partial charge in [0.1, 0.15) is 6.10 Å². The topological polar surface area (TPSA) is 66.0 Å². The van der Waals surface area contributed by atoms with Crippen LogP contribution in [0.25, 0.3) is 0 Å². The van der Waals surface area contributed by atoms with E-state index in [-0.39, 0.29) is 42.5 Å². The maximum atomic E-state index is 12.2. The van der Waals surface area contributed by atoms with Crippen molar-refractivity contribution >= 4 is 41.5 Å². The van der Waals surface area contributed by atoms with Crippen molar-refractivity contribution in [3.8, 4) is 0 Å². The SMILES string of the molecule is CN=C(NCC(=O)Nc1ccccc1)N1CCOC(c2ccccc2C)C1.I. The standard InChI is InChI=1S/C21H26N4O2.HI/c1-16-8-6-7-11-18(16)19-15-25(12-13-27-19)21(22-2)23-14-20(26)24-17-9-4-3-5-10-17;/h3-11,19H,12-15H2,1-2H3,(H,22,23)(H,24,26);1H. The predicted octanol–water partition coefficient (Wildman–Crippen LogP) is 3.20. The maximum absolute atomic E-state index is 12.2. The number of aliphatic imine (C=N–C) groups is 1. The zero-order chi connectivity index (χ0) is 19.1. The Morgan fingerprint density at radius 3 is 2.61 bits per heavy atom. The van der Waals surface area contributed by atoms with Crippen LogP contribution in [-0.2, 0) is 9.53 Å². The third kappa shape index (κ3) is 5.93. The number of hydrogen-bond acceptors (Lipinski definition) is 3. The number of hydrogen-bond donors (Lipinski definition) is 2. The van der Waals surface area contributed by atoms with E-state index in [1.165, 1.54) is 11.1 Å². The summed E-state index contributed by atoms with van der Waals surface area (Å²) in [5.41, 5.74) is 3.19. The molecule has 2 N–H and O–H groups in total. The second kappa shape index (κ2) is 11.0. The van der Waals surface area contributed by atoms with Gasteiger partial charge in [0.05, 0.1) is 19.7 Å². The smallest absolute Gasteiger partial charge is 0.243 e. The van der Waals surface area contributed by atoms with Gasteiger partial charge in [-0.3, -0.25) is 9.79 Å². The molecule has 1 aliphatic heterocycles. The van der Waals surface area contributed by atoms with E-state index in [0.29, 0.717) is 19.1 Å². The molecule has 6 nitrogen and oxygen atoms in total. The van der Waals surface area contributed by atoms with Crippen molar-refractivity contribution in [1.82, 2.24) is 10.2 Å². The number of carbonyl (C=O) groups excluding carboxylic acids is 1. The van der Waals surface area contributed by atoms with Crippen LogP contribution in [0.2, 0.25) is 0 Å². The molecule has 0 aliphatic carbocycles. The van der Waals surface area contributed by atoms with Crippen molar-refractivity contribution in [3.05, 3.63) is 65.7 Å². The summed E-state index contributed by atoms with van der Waals surface area (Å²) in [4.78, 5) is 18.6. The Labute approximate surface area is 183 Å². The van der Waals surface area contributed by atoms with E-state index < -0.39 is 0 Å². The zero-order valence-corrected chi connectivity index (χ0v) is 18.6. The van der Waals surface area contributed by atoms with E-state index in [1.54, 1.807) is 7.05 Å². The third-order valence-electron chi connectivity index (χ3n) is 4.58. The molecule has 2 aromatic rings. The minimum Gasteiger partial charge on any atom is -0.370 e. The monoisotopic (exact) mass is 494 g/mol. The Balaban J connectivity index is 0.00000280. The number of para-hydroxylation sites is 1. The van der Waals surface area contributed by atoms with Crippen LogP contribution >= 0.6 is 24.0 Å². The number of halogens is 1. The first-order valence-corrected chi connectivity index (χ1v) is 9.15. The average molecular weight is 494 g/mol. The van der Waals surface area contributed by atoms with Crippen LogP contribution in [0.15, 0.2) is 59.6 Å². The summed E-state index contributed by atoms with van der Waals surface area (Å²) in [7, 11) is 1.73. The molecule has 2 aromatic carbocycles. The largest absolute Gasteiger partial charge is 0.370 e. The van der Waals surface area contributed by atoms with E-state index in [1.807, 2.05) is 42.5 Å². The summed E-state index contributed by atoms with van der Waals surface area (Å²) in [6.07, 6.45) is -0.00311. The first-order valence-electron chi connectivity index (χ1n) is 9.15. The van der Waals surface area contributed by atoms with Gasteiger partial charge in [-0.15, -0.1) is 24.0 Å². The molecule has 1 saturated heterocycles. The van der Waals surface area contributed by atoms with Crippen LogP contribution in [-0.4, -0.2) is 50.1 Å². The molecule has 3 rings (SSSR count). The number of morpholine rings is 1. The second-order valence-corrected chi connectivity index (χ2v) is 6.48. The number of rotatable bonds is 4. The molecule has 1 heterocycles. The summed E-state index contributed by atoms with van der Waals surface area (Å²) >= 11 is 0. The van der Waals surface area contributed by atoms with Crippen LogP contribution in [0.5, 0.6) is 0 Å². The predicted molar refractivity (Wildman–Crippen MR) is 123 cm³/mol. The van der Waals surface area contributed by atoms with E-state index in [4.69, 9.17) is 4.74 Å². The highest BCUT2D eigenvalue weighted by atomic mass is 127. The highest BCUT2D eigenvalue weighted by Crippen LogP contribution is 2.24. The molecule has 0 spiro atoms. The molecular formula is C21H27IN4O2. The minimum atomic E-state index is -0.105. The van der Waals surface area contributed by atoms with E-state index in [0.717, 1.165) is 12.2 Å². The fourth-order valence-electron chi connectivity index (χ4n) is 3.20. The molecule has 28 heavy (non-hydrogen) atoms. The molecule has 1 fully saturated rings. The van der Waals surface area contributed by atoms with Gasteiger partial charge in [0, 0.05) is 19.3 Å². The highest BCUT2D eigenvalue weighted by Gasteiger charge is 2.25. The van der Waals surface area contributed by atoms with E-state index >= 15 is 0 Å². The number of guanidine groups is 1. The normalized spacial score (nSPS) is 16.9. The number of nitrogens with one attached hydrogen (secondary N) is 2. The van der Waals surface area contributed by atoms with E-state index in [2.05, 4.69) is 39.6 Å². The first-order chi connectivity index (χ1) is 13.2. The Morgan fingerprint density at radius 2 is 1.89 bits per heavy atom. The first kappa shape index (κ1) is 22.2. The van der Waals surface area contributed by atoms with Crippen LogP contribution < -0.4 is 10.6 Å². The van der Waals surface area contributed by atoms with Gasteiger partial charge >= 0.3 is 0 Å². The van der Waals surface area contributed by atoms with Crippen molar-refractivity contribution in [1.29, 1.82) is 0 Å². The molecule has 1 amide bonds. The van der Waals surface area contributed by atoms with Crippen LogP contribution in [0.3, 0.4) is 0 Å². The number of benzene rings is 2.